The maximum Gasteiger partial charge on any atom is 0.197 e. The highest BCUT2D eigenvalue weighted by atomic mass is 16.3. The lowest BCUT2D eigenvalue weighted by Gasteiger charge is -2.19. The minimum atomic E-state index is 0.191. The molecule has 3 rings (SSSR count). The molecule has 1 aliphatic heterocycles. The van der Waals surface area contributed by atoms with Crippen molar-refractivity contribution in [3.63, 3.8) is 0 Å². The maximum atomic E-state index is 9.73. The molecule has 2 aromatic rings. The molecule has 102 valence electrons. The van der Waals surface area contributed by atoms with Crippen molar-refractivity contribution in [3.05, 3.63) is 24.2 Å². The largest absolute Gasteiger partial charge is 0.504 e. The topological polar surface area (TPSA) is 53.7 Å². The van der Waals surface area contributed by atoms with E-state index in [0.717, 1.165) is 18.8 Å². The molecule has 3 heterocycles. The van der Waals surface area contributed by atoms with E-state index in [9.17, 15) is 5.11 Å². The van der Waals surface area contributed by atoms with Crippen LogP contribution in [0.1, 0.15) is 26.1 Å². The first-order chi connectivity index (χ1) is 9.13. The van der Waals surface area contributed by atoms with Gasteiger partial charge in [0.2, 0.25) is 0 Å². The summed E-state index contributed by atoms with van der Waals surface area (Å²) in [6.07, 6.45) is 3.92. The van der Waals surface area contributed by atoms with E-state index in [2.05, 4.69) is 28.8 Å². The average Bonchev–Trinajstić information content (AvgIpc) is 2.96. The first-order valence-electron chi connectivity index (χ1n) is 6.91. The van der Waals surface area contributed by atoms with Gasteiger partial charge in [-0.1, -0.05) is 0 Å². The minimum Gasteiger partial charge on any atom is -0.504 e. The summed E-state index contributed by atoms with van der Waals surface area (Å²) < 4.78 is 1.65. The second kappa shape index (κ2) is 4.81. The fourth-order valence-electron chi connectivity index (χ4n) is 2.78. The van der Waals surface area contributed by atoms with Crippen molar-refractivity contribution >= 4 is 5.65 Å². The Kier molecular flexibility index (Phi) is 3.14. The van der Waals surface area contributed by atoms with E-state index in [1.807, 2.05) is 6.20 Å². The molecule has 5 heteroatoms. The van der Waals surface area contributed by atoms with Crippen molar-refractivity contribution in [2.24, 2.45) is 5.92 Å². The highest BCUT2D eigenvalue weighted by molar-refractivity contribution is 5.51. The number of hydrogen-bond acceptors (Lipinski definition) is 4. The highest BCUT2D eigenvalue weighted by Gasteiger charge is 2.25. The second-order valence-electron chi connectivity index (χ2n) is 5.64. The standard InChI is InChI=1S/C14H20N4O/c1-10(2)17-7-5-11(9-17)8-13-15-14-12(19)4-3-6-18(14)16-13/h3-4,6,10-11,19H,5,7-9H2,1-2H3. The molecule has 0 radical (unpaired) electrons. The summed E-state index contributed by atoms with van der Waals surface area (Å²) in [6, 6.07) is 4.03. The van der Waals surface area contributed by atoms with E-state index in [1.54, 1.807) is 16.6 Å². The Hall–Kier alpha value is -1.62. The minimum absolute atomic E-state index is 0.191. The molecule has 0 saturated carbocycles. The normalized spacial score (nSPS) is 20.7. The first kappa shape index (κ1) is 12.4. The molecule has 0 spiro atoms. The third-order valence-electron chi connectivity index (χ3n) is 3.90. The van der Waals surface area contributed by atoms with E-state index >= 15 is 0 Å². The molecule has 0 amide bonds. The fraction of sp³-hybridized carbons (Fsp3) is 0.571. The Labute approximate surface area is 112 Å². The molecule has 5 nitrogen and oxygen atoms in total. The molecule has 0 bridgehead atoms. The zero-order valence-electron chi connectivity index (χ0n) is 11.5. The Morgan fingerprint density at radius 2 is 2.32 bits per heavy atom. The smallest absolute Gasteiger partial charge is 0.197 e. The molecular weight excluding hydrogens is 240 g/mol. The summed E-state index contributed by atoms with van der Waals surface area (Å²) in [4.78, 5) is 6.93. The van der Waals surface area contributed by atoms with Crippen LogP contribution in [0.2, 0.25) is 0 Å². The summed E-state index contributed by atoms with van der Waals surface area (Å²) in [6.45, 7) is 6.77. The van der Waals surface area contributed by atoms with Gasteiger partial charge in [-0.15, -0.1) is 0 Å². The van der Waals surface area contributed by atoms with Crippen LogP contribution in [0.15, 0.2) is 18.3 Å². The lowest BCUT2D eigenvalue weighted by atomic mass is 10.1. The molecule has 0 aliphatic carbocycles. The van der Waals surface area contributed by atoms with Crippen molar-refractivity contribution < 1.29 is 5.11 Å². The molecule has 1 saturated heterocycles. The van der Waals surface area contributed by atoms with Crippen LogP contribution in [0.4, 0.5) is 0 Å². The summed E-state index contributed by atoms with van der Waals surface area (Å²) in [5, 5.41) is 14.2. The summed E-state index contributed by atoms with van der Waals surface area (Å²) in [7, 11) is 0. The van der Waals surface area contributed by atoms with Gasteiger partial charge in [-0.3, -0.25) is 0 Å². The second-order valence-corrected chi connectivity index (χ2v) is 5.64. The van der Waals surface area contributed by atoms with Crippen LogP contribution >= 0.6 is 0 Å². The molecule has 1 N–H and O–H groups in total. The van der Waals surface area contributed by atoms with E-state index in [-0.39, 0.29) is 5.75 Å². The monoisotopic (exact) mass is 260 g/mol. The van der Waals surface area contributed by atoms with Gasteiger partial charge in [-0.05, 0) is 44.9 Å². The van der Waals surface area contributed by atoms with Crippen molar-refractivity contribution in [3.8, 4) is 5.75 Å². The first-order valence-corrected chi connectivity index (χ1v) is 6.91. The number of pyridine rings is 1. The van der Waals surface area contributed by atoms with Gasteiger partial charge < -0.3 is 10.0 Å². The highest BCUT2D eigenvalue weighted by Crippen LogP contribution is 2.22. The SMILES string of the molecule is CC(C)N1CCC(Cc2nc3c(O)cccn3n2)C1. The molecule has 0 aromatic carbocycles. The molecule has 1 aliphatic rings. The van der Waals surface area contributed by atoms with Crippen LogP contribution in [0, 0.1) is 5.92 Å². The van der Waals surface area contributed by atoms with Crippen molar-refractivity contribution in [2.45, 2.75) is 32.7 Å². The van der Waals surface area contributed by atoms with Crippen LogP contribution in [0.25, 0.3) is 5.65 Å². The van der Waals surface area contributed by atoms with Gasteiger partial charge >= 0.3 is 0 Å². The van der Waals surface area contributed by atoms with Gasteiger partial charge in [0.15, 0.2) is 17.2 Å². The number of aromatic nitrogens is 3. The maximum absolute atomic E-state index is 9.73. The number of rotatable bonds is 3. The van der Waals surface area contributed by atoms with Gasteiger partial charge in [0, 0.05) is 25.2 Å². The fourth-order valence-corrected chi connectivity index (χ4v) is 2.78. The third kappa shape index (κ3) is 2.42. The number of likely N-dealkylation sites (tertiary alicyclic amines) is 1. The predicted octanol–water partition coefficient (Wildman–Crippen LogP) is 1.71. The quantitative estimate of drug-likeness (QED) is 0.912. The molecule has 1 unspecified atom stereocenters. The zero-order valence-corrected chi connectivity index (χ0v) is 11.5. The number of hydrogen-bond donors (Lipinski definition) is 1. The molecule has 2 aromatic heterocycles. The number of nitrogens with zero attached hydrogens (tertiary/aromatic N) is 4. The Morgan fingerprint density at radius 3 is 3.00 bits per heavy atom. The average molecular weight is 260 g/mol. The summed E-state index contributed by atoms with van der Waals surface area (Å²) in [5.41, 5.74) is 0.552. The van der Waals surface area contributed by atoms with E-state index in [4.69, 9.17) is 0 Å². The van der Waals surface area contributed by atoms with Crippen LogP contribution in [-0.4, -0.2) is 43.7 Å². The van der Waals surface area contributed by atoms with E-state index in [0.29, 0.717) is 17.6 Å². The summed E-state index contributed by atoms with van der Waals surface area (Å²) >= 11 is 0. The van der Waals surface area contributed by atoms with E-state index < -0.39 is 0 Å². The van der Waals surface area contributed by atoms with Gasteiger partial charge in [-0.2, -0.15) is 5.10 Å². The molecular formula is C14H20N4O. The van der Waals surface area contributed by atoms with Gasteiger partial charge in [0.25, 0.3) is 0 Å². The van der Waals surface area contributed by atoms with Crippen molar-refractivity contribution in [1.82, 2.24) is 19.5 Å². The van der Waals surface area contributed by atoms with Crippen molar-refractivity contribution in [1.29, 1.82) is 0 Å². The number of aromatic hydroxyl groups is 1. The lowest BCUT2D eigenvalue weighted by Crippen LogP contribution is -2.28. The third-order valence-corrected chi connectivity index (χ3v) is 3.90. The van der Waals surface area contributed by atoms with Gasteiger partial charge in [0.05, 0.1) is 0 Å². The molecule has 1 fully saturated rings. The van der Waals surface area contributed by atoms with Crippen LogP contribution in [0.3, 0.4) is 0 Å². The number of fused-ring (bicyclic) bond motifs is 1. The van der Waals surface area contributed by atoms with Crippen molar-refractivity contribution in [2.75, 3.05) is 13.1 Å². The van der Waals surface area contributed by atoms with Crippen LogP contribution in [0.5, 0.6) is 5.75 Å². The zero-order chi connectivity index (χ0) is 13.4. The van der Waals surface area contributed by atoms with Crippen LogP contribution in [-0.2, 0) is 6.42 Å². The Balaban J connectivity index is 1.74. The van der Waals surface area contributed by atoms with Gasteiger partial charge in [-0.25, -0.2) is 9.50 Å². The summed E-state index contributed by atoms with van der Waals surface area (Å²) in [5.74, 6) is 1.65. The van der Waals surface area contributed by atoms with Crippen LogP contribution < -0.4 is 0 Å². The predicted molar refractivity (Wildman–Crippen MR) is 73.2 cm³/mol. The lowest BCUT2D eigenvalue weighted by molar-refractivity contribution is 0.264. The molecule has 1 atom stereocenters. The van der Waals surface area contributed by atoms with E-state index in [1.165, 1.54) is 13.0 Å². The van der Waals surface area contributed by atoms with Gasteiger partial charge in [0.1, 0.15) is 0 Å². The molecule has 19 heavy (non-hydrogen) atoms. The Morgan fingerprint density at radius 1 is 1.47 bits per heavy atom. The Bertz CT molecular complexity index is 578.